The first-order valence-corrected chi connectivity index (χ1v) is 5.99. The first-order valence-electron chi connectivity index (χ1n) is 5.99. The monoisotopic (exact) mass is 267 g/mol. The van der Waals surface area contributed by atoms with Crippen molar-refractivity contribution in [1.82, 2.24) is 0 Å². The second-order valence-corrected chi connectivity index (χ2v) is 4.40. The fraction of sp³-hybridized carbons (Fsp3) is 0.385. The number of carbonyl (C=O) groups is 2. The zero-order chi connectivity index (χ0) is 13.8. The molecule has 0 spiro atoms. The second-order valence-electron chi connectivity index (χ2n) is 4.40. The van der Waals surface area contributed by atoms with Crippen molar-refractivity contribution in [3.8, 4) is 0 Å². The minimum absolute atomic E-state index is 0.0134. The number of carboxylic acids is 1. The van der Waals surface area contributed by atoms with Crippen LogP contribution in [0.1, 0.15) is 23.2 Å². The molecule has 2 N–H and O–H groups in total. The standard InChI is InChI=1S/C13H14FNO4/c14-10-6-8(13(17)18)3-4-11(10)15-12(16)9-2-1-5-19-7-9/h3-4,6,9H,1-2,5,7H2,(H,15,16)(H,17,18). The molecule has 5 nitrogen and oxygen atoms in total. The number of benzene rings is 1. The summed E-state index contributed by atoms with van der Waals surface area (Å²) < 4.78 is 18.8. The zero-order valence-electron chi connectivity index (χ0n) is 10.2. The van der Waals surface area contributed by atoms with Gasteiger partial charge in [0.25, 0.3) is 0 Å². The molecule has 1 aliphatic rings. The summed E-state index contributed by atoms with van der Waals surface area (Å²) in [6, 6.07) is 3.38. The molecule has 1 fully saturated rings. The van der Waals surface area contributed by atoms with Crippen molar-refractivity contribution in [1.29, 1.82) is 0 Å². The van der Waals surface area contributed by atoms with E-state index in [1.807, 2.05) is 0 Å². The Balaban J connectivity index is 2.06. The normalized spacial score (nSPS) is 18.9. The Labute approximate surface area is 109 Å². The second kappa shape index (κ2) is 5.79. The fourth-order valence-corrected chi connectivity index (χ4v) is 1.93. The Hall–Kier alpha value is -1.95. The lowest BCUT2D eigenvalue weighted by Gasteiger charge is -2.21. The molecule has 2 rings (SSSR count). The zero-order valence-corrected chi connectivity index (χ0v) is 10.2. The van der Waals surface area contributed by atoms with Gasteiger partial charge in [0.15, 0.2) is 0 Å². The van der Waals surface area contributed by atoms with Crippen LogP contribution in [0.2, 0.25) is 0 Å². The largest absolute Gasteiger partial charge is 0.478 e. The number of anilines is 1. The maximum absolute atomic E-state index is 13.6. The SMILES string of the molecule is O=C(O)c1ccc(NC(=O)C2CCCOC2)c(F)c1. The highest BCUT2D eigenvalue weighted by molar-refractivity contribution is 5.94. The van der Waals surface area contributed by atoms with Crippen LogP contribution in [0.5, 0.6) is 0 Å². The van der Waals surface area contributed by atoms with Crippen LogP contribution >= 0.6 is 0 Å². The summed E-state index contributed by atoms with van der Waals surface area (Å²) in [5, 5.41) is 11.2. The van der Waals surface area contributed by atoms with Gasteiger partial charge in [0, 0.05) is 6.61 Å². The summed E-state index contributed by atoms with van der Waals surface area (Å²) in [4.78, 5) is 22.5. The van der Waals surface area contributed by atoms with Crippen molar-refractivity contribution in [2.24, 2.45) is 5.92 Å². The smallest absolute Gasteiger partial charge is 0.335 e. The van der Waals surface area contributed by atoms with E-state index < -0.39 is 11.8 Å². The molecule has 19 heavy (non-hydrogen) atoms. The third-order valence-electron chi connectivity index (χ3n) is 3.00. The topological polar surface area (TPSA) is 75.6 Å². The molecule has 6 heteroatoms. The van der Waals surface area contributed by atoms with E-state index in [2.05, 4.69) is 5.32 Å². The molecule has 1 amide bonds. The van der Waals surface area contributed by atoms with E-state index >= 15 is 0 Å². The molecule has 0 aromatic heterocycles. The van der Waals surface area contributed by atoms with Gasteiger partial charge in [-0.05, 0) is 31.0 Å². The van der Waals surface area contributed by atoms with E-state index in [9.17, 15) is 14.0 Å². The molecule has 102 valence electrons. The van der Waals surface area contributed by atoms with E-state index in [4.69, 9.17) is 9.84 Å². The Morgan fingerprint density at radius 2 is 2.21 bits per heavy atom. The highest BCUT2D eigenvalue weighted by atomic mass is 19.1. The molecule has 0 bridgehead atoms. The molecular weight excluding hydrogens is 253 g/mol. The number of nitrogens with one attached hydrogen (secondary N) is 1. The van der Waals surface area contributed by atoms with Crippen LogP contribution in [-0.2, 0) is 9.53 Å². The predicted octanol–water partition coefficient (Wildman–Crippen LogP) is 1.89. The van der Waals surface area contributed by atoms with Gasteiger partial charge in [0.1, 0.15) is 5.82 Å². The minimum atomic E-state index is -1.21. The molecule has 1 unspecified atom stereocenters. The van der Waals surface area contributed by atoms with Gasteiger partial charge in [-0.15, -0.1) is 0 Å². The fourth-order valence-electron chi connectivity index (χ4n) is 1.93. The Kier molecular flexibility index (Phi) is 4.11. The molecule has 1 heterocycles. The minimum Gasteiger partial charge on any atom is -0.478 e. The van der Waals surface area contributed by atoms with Gasteiger partial charge >= 0.3 is 5.97 Å². The predicted molar refractivity (Wildman–Crippen MR) is 65.5 cm³/mol. The highest BCUT2D eigenvalue weighted by Crippen LogP contribution is 2.19. The van der Waals surface area contributed by atoms with Crippen molar-refractivity contribution in [2.75, 3.05) is 18.5 Å². The molecule has 1 aliphatic heterocycles. The first kappa shape index (κ1) is 13.5. The van der Waals surface area contributed by atoms with E-state index in [0.717, 1.165) is 12.5 Å². The summed E-state index contributed by atoms with van der Waals surface area (Å²) in [5.41, 5.74) is -0.169. The van der Waals surface area contributed by atoms with Gasteiger partial charge in [-0.2, -0.15) is 0 Å². The number of aromatic carboxylic acids is 1. The van der Waals surface area contributed by atoms with Crippen molar-refractivity contribution in [2.45, 2.75) is 12.8 Å². The lowest BCUT2D eigenvalue weighted by molar-refractivity contribution is -0.123. The van der Waals surface area contributed by atoms with Crippen LogP contribution in [0.3, 0.4) is 0 Å². The number of hydrogen-bond donors (Lipinski definition) is 2. The average molecular weight is 267 g/mol. The molecule has 1 saturated heterocycles. The molecule has 0 radical (unpaired) electrons. The van der Waals surface area contributed by atoms with E-state index in [1.165, 1.54) is 12.1 Å². The summed E-state index contributed by atoms with van der Waals surface area (Å²) >= 11 is 0. The van der Waals surface area contributed by atoms with E-state index in [0.29, 0.717) is 19.6 Å². The number of halogens is 1. The molecule has 0 saturated carbocycles. The van der Waals surface area contributed by atoms with E-state index in [-0.39, 0.29) is 23.1 Å². The summed E-state index contributed by atoms with van der Waals surface area (Å²) in [5.74, 6) is -2.56. The third kappa shape index (κ3) is 3.29. The van der Waals surface area contributed by atoms with Gasteiger partial charge in [0.05, 0.1) is 23.8 Å². The van der Waals surface area contributed by atoms with Crippen LogP contribution in [-0.4, -0.2) is 30.2 Å². The molecule has 1 aromatic rings. The lowest BCUT2D eigenvalue weighted by Crippen LogP contribution is -2.30. The average Bonchev–Trinajstić information content (AvgIpc) is 2.41. The van der Waals surface area contributed by atoms with Crippen LogP contribution in [0.25, 0.3) is 0 Å². The molecule has 1 aromatic carbocycles. The van der Waals surface area contributed by atoms with Crippen LogP contribution in [0.4, 0.5) is 10.1 Å². The van der Waals surface area contributed by atoms with Crippen molar-refractivity contribution in [3.63, 3.8) is 0 Å². The van der Waals surface area contributed by atoms with Crippen LogP contribution in [0, 0.1) is 11.7 Å². The summed E-state index contributed by atoms with van der Waals surface area (Å²) in [7, 11) is 0. The number of rotatable bonds is 3. The maximum atomic E-state index is 13.6. The van der Waals surface area contributed by atoms with Gasteiger partial charge in [-0.25, -0.2) is 9.18 Å². The van der Waals surface area contributed by atoms with Gasteiger partial charge < -0.3 is 15.2 Å². The number of ether oxygens (including phenoxy) is 1. The first-order chi connectivity index (χ1) is 9.08. The quantitative estimate of drug-likeness (QED) is 0.876. The van der Waals surface area contributed by atoms with Gasteiger partial charge in [-0.3, -0.25) is 4.79 Å². The number of amides is 1. The lowest BCUT2D eigenvalue weighted by atomic mass is 10.0. The van der Waals surface area contributed by atoms with Crippen molar-refractivity contribution in [3.05, 3.63) is 29.6 Å². The highest BCUT2D eigenvalue weighted by Gasteiger charge is 2.22. The number of carbonyl (C=O) groups excluding carboxylic acids is 1. The summed E-state index contributed by atoms with van der Waals surface area (Å²) in [6.45, 7) is 0.978. The van der Waals surface area contributed by atoms with Crippen LogP contribution in [0.15, 0.2) is 18.2 Å². The van der Waals surface area contributed by atoms with Crippen molar-refractivity contribution < 1.29 is 23.8 Å². The van der Waals surface area contributed by atoms with Gasteiger partial charge in [0.2, 0.25) is 5.91 Å². The number of hydrogen-bond acceptors (Lipinski definition) is 3. The van der Waals surface area contributed by atoms with Crippen LogP contribution < -0.4 is 5.32 Å². The van der Waals surface area contributed by atoms with Gasteiger partial charge in [-0.1, -0.05) is 0 Å². The van der Waals surface area contributed by atoms with E-state index in [1.54, 1.807) is 0 Å². The maximum Gasteiger partial charge on any atom is 0.335 e. The third-order valence-corrected chi connectivity index (χ3v) is 3.00. The Morgan fingerprint density at radius 1 is 1.42 bits per heavy atom. The molecule has 0 aliphatic carbocycles. The number of carboxylic acid groups (broad SMARTS) is 1. The Morgan fingerprint density at radius 3 is 2.79 bits per heavy atom. The summed E-state index contributed by atoms with van der Waals surface area (Å²) in [6.07, 6.45) is 1.51. The molecule has 1 atom stereocenters. The Bertz CT molecular complexity index is 497. The van der Waals surface area contributed by atoms with Crippen molar-refractivity contribution >= 4 is 17.6 Å². The molecular formula is C13H14FNO4.